The molecule has 1 fully saturated rings. The summed E-state index contributed by atoms with van der Waals surface area (Å²) < 4.78 is 10.6. The van der Waals surface area contributed by atoms with E-state index < -0.39 is 11.7 Å². The molecule has 0 saturated carbocycles. The van der Waals surface area contributed by atoms with Crippen LogP contribution in [0.15, 0.2) is 0 Å². The summed E-state index contributed by atoms with van der Waals surface area (Å²) in [6.45, 7) is 6.68. The molecule has 5 heteroatoms. The molecule has 17 heavy (non-hydrogen) atoms. The standard InChI is InChI=1S/C12H16N2O3/c1-12(2,3)17-11(15)14-7-8-16-10(9-14)5-4-6-13/h10H,7-9H2,1-3H3. The van der Waals surface area contributed by atoms with Crippen LogP contribution in [0, 0.1) is 23.2 Å². The van der Waals surface area contributed by atoms with Crippen molar-refractivity contribution in [1.29, 1.82) is 5.26 Å². The Morgan fingerprint density at radius 1 is 1.53 bits per heavy atom. The maximum Gasteiger partial charge on any atom is 0.410 e. The third kappa shape index (κ3) is 4.76. The van der Waals surface area contributed by atoms with E-state index in [2.05, 4.69) is 11.8 Å². The van der Waals surface area contributed by atoms with Gasteiger partial charge < -0.3 is 14.4 Å². The van der Waals surface area contributed by atoms with E-state index in [4.69, 9.17) is 14.7 Å². The van der Waals surface area contributed by atoms with Crippen LogP contribution in [0.3, 0.4) is 0 Å². The van der Waals surface area contributed by atoms with Crippen molar-refractivity contribution in [3.05, 3.63) is 0 Å². The highest BCUT2D eigenvalue weighted by molar-refractivity contribution is 5.68. The second-order valence-corrected chi connectivity index (χ2v) is 4.67. The molecule has 0 aromatic heterocycles. The maximum absolute atomic E-state index is 11.8. The molecule has 0 spiro atoms. The van der Waals surface area contributed by atoms with Crippen molar-refractivity contribution in [1.82, 2.24) is 4.90 Å². The lowest BCUT2D eigenvalue weighted by molar-refractivity contribution is -0.0236. The minimum Gasteiger partial charge on any atom is -0.444 e. The van der Waals surface area contributed by atoms with Crippen LogP contribution in [0.1, 0.15) is 20.8 Å². The highest BCUT2D eigenvalue weighted by Gasteiger charge is 2.27. The summed E-state index contributed by atoms with van der Waals surface area (Å²) in [6.07, 6.45) is -0.777. The normalized spacial score (nSPS) is 19.9. The van der Waals surface area contributed by atoms with Crippen LogP contribution >= 0.6 is 0 Å². The van der Waals surface area contributed by atoms with Gasteiger partial charge in [-0.1, -0.05) is 5.92 Å². The summed E-state index contributed by atoms with van der Waals surface area (Å²) in [5.74, 6) is 4.91. The summed E-state index contributed by atoms with van der Waals surface area (Å²) in [5, 5.41) is 8.34. The molecule has 1 aliphatic heterocycles. The highest BCUT2D eigenvalue weighted by Crippen LogP contribution is 2.12. The molecule has 1 rings (SSSR count). The van der Waals surface area contributed by atoms with Gasteiger partial charge in [0.1, 0.15) is 11.7 Å². The fourth-order valence-electron chi connectivity index (χ4n) is 1.34. The zero-order valence-electron chi connectivity index (χ0n) is 10.3. The van der Waals surface area contributed by atoms with Crippen molar-refractivity contribution in [2.75, 3.05) is 19.7 Å². The van der Waals surface area contributed by atoms with E-state index in [0.29, 0.717) is 19.7 Å². The second kappa shape index (κ2) is 5.56. The molecule has 1 aliphatic rings. The van der Waals surface area contributed by atoms with E-state index in [1.807, 2.05) is 20.8 Å². The van der Waals surface area contributed by atoms with Gasteiger partial charge in [-0.15, -0.1) is 0 Å². The van der Waals surface area contributed by atoms with E-state index in [-0.39, 0.29) is 6.09 Å². The first-order chi connectivity index (χ1) is 7.92. The molecule has 0 radical (unpaired) electrons. The van der Waals surface area contributed by atoms with Gasteiger partial charge in [-0.2, -0.15) is 5.26 Å². The predicted molar refractivity (Wildman–Crippen MR) is 60.9 cm³/mol. The van der Waals surface area contributed by atoms with Crippen LogP contribution < -0.4 is 0 Å². The van der Waals surface area contributed by atoms with Crippen LogP contribution in [-0.4, -0.2) is 42.4 Å². The molecule has 1 amide bonds. The Hall–Kier alpha value is -1.72. The third-order valence-electron chi connectivity index (χ3n) is 2.01. The number of nitrogens with zero attached hydrogens (tertiary/aromatic N) is 2. The first kappa shape index (κ1) is 13.3. The lowest BCUT2D eigenvalue weighted by Crippen LogP contribution is -2.47. The number of carbonyl (C=O) groups is 1. The van der Waals surface area contributed by atoms with Crippen molar-refractivity contribution < 1.29 is 14.3 Å². The van der Waals surface area contributed by atoms with Crippen molar-refractivity contribution >= 4 is 6.09 Å². The van der Waals surface area contributed by atoms with Gasteiger partial charge in [-0.3, -0.25) is 0 Å². The smallest absolute Gasteiger partial charge is 0.410 e. The van der Waals surface area contributed by atoms with Crippen LogP contribution in [0.25, 0.3) is 0 Å². The van der Waals surface area contributed by atoms with Gasteiger partial charge in [-0.25, -0.2) is 4.79 Å². The molecule has 1 heterocycles. The number of hydrogen-bond acceptors (Lipinski definition) is 4. The average Bonchev–Trinajstić information content (AvgIpc) is 2.24. The number of rotatable bonds is 0. The quantitative estimate of drug-likeness (QED) is 0.592. The lowest BCUT2D eigenvalue weighted by atomic mass is 10.2. The number of amides is 1. The Labute approximate surface area is 101 Å². The summed E-state index contributed by atoms with van der Waals surface area (Å²) in [6, 6.07) is 1.72. The summed E-state index contributed by atoms with van der Waals surface area (Å²) in [7, 11) is 0. The Morgan fingerprint density at radius 3 is 2.82 bits per heavy atom. The molecule has 1 saturated heterocycles. The SMILES string of the molecule is CC(C)(C)OC(=O)N1CCOC(C#CC#N)C1. The van der Waals surface area contributed by atoms with Gasteiger partial charge in [0, 0.05) is 12.5 Å². The molecule has 92 valence electrons. The molecule has 0 aliphatic carbocycles. The molecule has 0 bridgehead atoms. The number of morpholine rings is 1. The monoisotopic (exact) mass is 236 g/mol. The van der Waals surface area contributed by atoms with E-state index in [0.717, 1.165) is 0 Å². The minimum atomic E-state index is -0.511. The number of ether oxygens (including phenoxy) is 2. The van der Waals surface area contributed by atoms with Gasteiger partial charge in [-0.05, 0) is 20.8 Å². The fraction of sp³-hybridized carbons (Fsp3) is 0.667. The number of hydrogen-bond donors (Lipinski definition) is 0. The molecule has 1 unspecified atom stereocenters. The van der Waals surface area contributed by atoms with Crippen LogP contribution in [0.4, 0.5) is 4.79 Å². The van der Waals surface area contributed by atoms with Crippen LogP contribution in [-0.2, 0) is 9.47 Å². The van der Waals surface area contributed by atoms with Gasteiger partial charge in [0.05, 0.1) is 13.2 Å². The zero-order chi connectivity index (χ0) is 12.9. The van der Waals surface area contributed by atoms with E-state index in [1.165, 1.54) is 0 Å². The molecular formula is C12H16N2O3. The molecule has 0 N–H and O–H groups in total. The minimum absolute atomic E-state index is 0.337. The number of carbonyl (C=O) groups excluding carboxylic acids is 1. The fourth-order valence-corrected chi connectivity index (χ4v) is 1.34. The van der Waals surface area contributed by atoms with Gasteiger partial charge >= 0.3 is 6.09 Å². The Bertz CT molecular complexity index is 381. The van der Waals surface area contributed by atoms with E-state index in [9.17, 15) is 4.79 Å². The number of nitriles is 1. The van der Waals surface area contributed by atoms with Crippen LogP contribution in [0.2, 0.25) is 0 Å². The second-order valence-electron chi connectivity index (χ2n) is 4.67. The summed E-state index contributed by atoms with van der Waals surface area (Å²) in [5.41, 5.74) is -0.511. The first-order valence-electron chi connectivity index (χ1n) is 5.41. The van der Waals surface area contributed by atoms with Crippen LogP contribution in [0.5, 0.6) is 0 Å². The lowest BCUT2D eigenvalue weighted by Gasteiger charge is -2.32. The largest absolute Gasteiger partial charge is 0.444 e. The summed E-state index contributed by atoms with van der Waals surface area (Å²) >= 11 is 0. The average molecular weight is 236 g/mol. The predicted octanol–water partition coefficient (Wildman–Crippen LogP) is 1.15. The van der Waals surface area contributed by atoms with Gasteiger partial charge in [0.25, 0.3) is 0 Å². The van der Waals surface area contributed by atoms with E-state index >= 15 is 0 Å². The molecule has 0 aromatic rings. The van der Waals surface area contributed by atoms with Gasteiger partial charge in [0.2, 0.25) is 0 Å². The van der Waals surface area contributed by atoms with E-state index in [1.54, 1.807) is 11.0 Å². The van der Waals surface area contributed by atoms with Crippen molar-refractivity contribution in [3.8, 4) is 17.9 Å². The Balaban J connectivity index is 2.55. The van der Waals surface area contributed by atoms with Crippen molar-refractivity contribution in [2.45, 2.75) is 32.5 Å². The van der Waals surface area contributed by atoms with Crippen molar-refractivity contribution in [2.24, 2.45) is 0 Å². The Morgan fingerprint density at radius 2 is 2.24 bits per heavy atom. The first-order valence-corrected chi connectivity index (χ1v) is 5.41. The molecule has 0 aromatic carbocycles. The zero-order valence-corrected chi connectivity index (χ0v) is 10.3. The molecular weight excluding hydrogens is 220 g/mol. The highest BCUT2D eigenvalue weighted by atomic mass is 16.6. The van der Waals surface area contributed by atoms with Gasteiger partial charge in [0.15, 0.2) is 6.07 Å². The maximum atomic E-state index is 11.8. The Kier molecular flexibility index (Phi) is 4.37. The summed E-state index contributed by atoms with van der Waals surface area (Å²) in [4.78, 5) is 13.3. The molecule has 1 atom stereocenters. The molecule has 5 nitrogen and oxygen atoms in total. The topological polar surface area (TPSA) is 62.6 Å². The van der Waals surface area contributed by atoms with Crippen molar-refractivity contribution in [3.63, 3.8) is 0 Å². The third-order valence-corrected chi connectivity index (χ3v) is 2.01.